The Morgan fingerprint density at radius 2 is 1.93 bits per heavy atom. The molecule has 15 heavy (non-hydrogen) atoms. The summed E-state index contributed by atoms with van der Waals surface area (Å²) in [7, 11) is 0. The van der Waals surface area contributed by atoms with Gasteiger partial charge in [0.25, 0.3) is 0 Å². The molecule has 1 heterocycles. The summed E-state index contributed by atoms with van der Waals surface area (Å²) in [5.74, 6) is 1.83. The molecule has 0 aliphatic heterocycles. The van der Waals surface area contributed by atoms with Gasteiger partial charge in [0.15, 0.2) is 0 Å². The van der Waals surface area contributed by atoms with Crippen LogP contribution >= 0.6 is 0 Å². The zero-order valence-electron chi connectivity index (χ0n) is 8.89. The van der Waals surface area contributed by atoms with Gasteiger partial charge in [0, 0.05) is 17.7 Å². The monoisotopic (exact) mass is 206 g/mol. The van der Waals surface area contributed by atoms with Gasteiger partial charge >= 0.3 is 0 Å². The Morgan fingerprint density at radius 3 is 2.53 bits per heavy atom. The summed E-state index contributed by atoms with van der Waals surface area (Å²) in [6.07, 6.45) is 6.34. The fourth-order valence-electron chi connectivity index (χ4n) is 2.31. The molecule has 0 saturated heterocycles. The molecule has 1 saturated carbocycles. The Hall–Kier alpha value is -1.16. The first kappa shape index (κ1) is 10.4. The number of anilines is 1. The van der Waals surface area contributed by atoms with E-state index in [1.165, 1.54) is 25.7 Å². The molecule has 82 valence electrons. The third kappa shape index (κ3) is 2.45. The van der Waals surface area contributed by atoms with E-state index in [1.807, 2.05) is 6.07 Å². The van der Waals surface area contributed by atoms with Crippen LogP contribution in [-0.4, -0.2) is 16.5 Å². The topological polar surface area (TPSA) is 77.8 Å². The van der Waals surface area contributed by atoms with Crippen molar-refractivity contribution in [2.45, 2.75) is 31.6 Å². The molecule has 1 aromatic rings. The van der Waals surface area contributed by atoms with E-state index in [0.717, 1.165) is 12.2 Å². The van der Waals surface area contributed by atoms with Crippen LogP contribution in [-0.2, 0) is 0 Å². The third-order valence-corrected chi connectivity index (χ3v) is 3.31. The highest BCUT2D eigenvalue weighted by Crippen LogP contribution is 2.34. The fourth-order valence-corrected chi connectivity index (χ4v) is 2.31. The molecular formula is C11H18N4. The predicted octanol–water partition coefficient (Wildman–Crippen LogP) is 1.29. The zero-order valence-corrected chi connectivity index (χ0v) is 8.89. The van der Waals surface area contributed by atoms with Crippen molar-refractivity contribution >= 4 is 5.82 Å². The molecule has 1 aromatic heterocycles. The first-order valence-electron chi connectivity index (χ1n) is 5.57. The second kappa shape index (κ2) is 4.57. The van der Waals surface area contributed by atoms with Gasteiger partial charge in [-0.3, -0.25) is 0 Å². The van der Waals surface area contributed by atoms with Crippen LogP contribution in [0.3, 0.4) is 0 Å². The van der Waals surface area contributed by atoms with Gasteiger partial charge in [-0.25, -0.2) is 9.97 Å². The maximum Gasteiger partial charge on any atom is 0.127 e. The molecule has 0 spiro atoms. The molecule has 4 nitrogen and oxygen atoms in total. The van der Waals surface area contributed by atoms with Gasteiger partial charge in [0.05, 0.1) is 0 Å². The van der Waals surface area contributed by atoms with Crippen LogP contribution < -0.4 is 11.5 Å². The molecule has 1 aliphatic carbocycles. The van der Waals surface area contributed by atoms with E-state index in [4.69, 9.17) is 11.5 Å². The fraction of sp³-hybridized carbons (Fsp3) is 0.636. The van der Waals surface area contributed by atoms with E-state index in [-0.39, 0.29) is 0 Å². The van der Waals surface area contributed by atoms with Gasteiger partial charge in [-0.2, -0.15) is 0 Å². The van der Waals surface area contributed by atoms with Gasteiger partial charge in [-0.1, -0.05) is 0 Å². The molecule has 1 aliphatic rings. The summed E-state index contributed by atoms with van der Waals surface area (Å²) in [5.41, 5.74) is 12.4. The summed E-state index contributed by atoms with van der Waals surface area (Å²) < 4.78 is 0. The maximum atomic E-state index is 5.67. The summed E-state index contributed by atoms with van der Waals surface area (Å²) in [6.45, 7) is 0.818. The van der Waals surface area contributed by atoms with Crippen molar-refractivity contribution in [3.05, 3.63) is 18.1 Å². The molecule has 0 unspecified atom stereocenters. The summed E-state index contributed by atoms with van der Waals surface area (Å²) >= 11 is 0. The number of rotatable bonds is 2. The average Bonchev–Trinajstić information content (AvgIpc) is 2.29. The lowest BCUT2D eigenvalue weighted by Gasteiger charge is -2.27. The molecule has 0 amide bonds. The lowest BCUT2D eigenvalue weighted by atomic mass is 9.80. The molecule has 4 heteroatoms. The third-order valence-electron chi connectivity index (χ3n) is 3.31. The molecule has 4 N–H and O–H groups in total. The van der Waals surface area contributed by atoms with Gasteiger partial charge in [-0.15, -0.1) is 0 Å². The Kier molecular flexibility index (Phi) is 3.16. The smallest absolute Gasteiger partial charge is 0.127 e. The number of hydrogen-bond donors (Lipinski definition) is 2. The molecule has 1 fully saturated rings. The highest BCUT2D eigenvalue weighted by molar-refractivity contribution is 5.29. The lowest BCUT2D eigenvalue weighted by molar-refractivity contribution is 0.329. The number of nitrogen functional groups attached to an aromatic ring is 1. The van der Waals surface area contributed by atoms with Crippen LogP contribution in [0.1, 0.15) is 37.3 Å². The molecule has 0 radical (unpaired) electrons. The van der Waals surface area contributed by atoms with E-state index in [1.54, 1.807) is 6.33 Å². The van der Waals surface area contributed by atoms with Crippen molar-refractivity contribution in [3.8, 4) is 0 Å². The van der Waals surface area contributed by atoms with Gasteiger partial charge in [-0.05, 0) is 38.1 Å². The molecule has 0 bridgehead atoms. The summed E-state index contributed by atoms with van der Waals surface area (Å²) in [5, 5.41) is 0. The lowest BCUT2D eigenvalue weighted by Crippen LogP contribution is -2.21. The Balaban J connectivity index is 2.01. The molecule has 2 rings (SSSR count). The second-order valence-corrected chi connectivity index (χ2v) is 4.32. The Labute approximate surface area is 90.1 Å². The van der Waals surface area contributed by atoms with Crippen molar-refractivity contribution in [1.29, 1.82) is 0 Å². The van der Waals surface area contributed by atoms with Crippen LogP contribution in [0.2, 0.25) is 0 Å². The molecular weight excluding hydrogens is 188 g/mol. The van der Waals surface area contributed by atoms with Crippen LogP contribution in [0.25, 0.3) is 0 Å². The Morgan fingerprint density at radius 1 is 1.20 bits per heavy atom. The minimum absolute atomic E-state index is 0.554. The SMILES string of the molecule is NCC1CCC(c2cc(N)ncn2)CC1. The molecule has 0 aromatic carbocycles. The highest BCUT2D eigenvalue weighted by atomic mass is 14.9. The van der Waals surface area contributed by atoms with Crippen molar-refractivity contribution in [1.82, 2.24) is 9.97 Å². The summed E-state index contributed by atoms with van der Waals surface area (Å²) in [4.78, 5) is 8.20. The average molecular weight is 206 g/mol. The maximum absolute atomic E-state index is 5.67. The van der Waals surface area contributed by atoms with E-state index >= 15 is 0 Å². The number of aromatic nitrogens is 2. The number of nitrogens with zero attached hydrogens (tertiary/aromatic N) is 2. The van der Waals surface area contributed by atoms with E-state index in [2.05, 4.69) is 9.97 Å². The normalized spacial score (nSPS) is 26.5. The largest absolute Gasteiger partial charge is 0.384 e. The van der Waals surface area contributed by atoms with Crippen molar-refractivity contribution in [3.63, 3.8) is 0 Å². The van der Waals surface area contributed by atoms with Crippen LogP contribution in [0.15, 0.2) is 12.4 Å². The minimum atomic E-state index is 0.554. The number of nitrogens with two attached hydrogens (primary N) is 2. The zero-order chi connectivity index (χ0) is 10.7. The highest BCUT2D eigenvalue weighted by Gasteiger charge is 2.22. The van der Waals surface area contributed by atoms with Crippen LogP contribution in [0.4, 0.5) is 5.82 Å². The Bertz CT molecular complexity index is 318. The van der Waals surface area contributed by atoms with Crippen molar-refractivity contribution < 1.29 is 0 Å². The van der Waals surface area contributed by atoms with E-state index in [9.17, 15) is 0 Å². The predicted molar refractivity (Wildman–Crippen MR) is 60.2 cm³/mol. The molecule has 0 atom stereocenters. The summed E-state index contributed by atoms with van der Waals surface area (Å²) in [6, 6.07) is 1.90. The van der Waals surface area contributed by atoms with Crippen molar-refractivity contribution in [2.24, 2.45) is 11.7 Å². The van der Waals surface area contributed by atoms with Crippen LogP contribution in [0, 0.1) is 5.92 Å². The first-order valence-corrected chi connectivity index (χ1v) is 5.57. The first-order chi connectivity index (χ1) is 7.29. The van der Waals surface area contributed by atoms with Crippen molar-refractivity contribution in [2.75, 3.05) is 12.3 Å². The van der Waals surface area contributed by atoms with E-state index in [0.29, 0.717) is 17.7 Å². The quantitative estimate of drug-likeness (QED) is 0.764. The van der Waals surface area contributed by atoms with Gasteiger partial charge in [0.2, 0.25) is 0 Å². The number of hydrogen-bond acceptors (Lipinski definition) is 4. The minimum Gasteiger partial charge on any atom is -0.384 e. The van der Waals surface area contributed by atoms with E-state index < -0.39 is 0 Å². The van der Waals surface area contributed by atoms with Gasteiger partial charge in [0.1, 0.15) is 12.1 Å². The van der Waals surface area contributed by atoms with Gasteiger partial charge < -0.3 is 11.5 Å². The second-order valence-electron chi connectivity index (χ2n) is 4.32. The van der Waals surface area contributed by atoms with Crippen LogP contribution in [0.5, 0.6) is 0 Å². The standard InChI is InChI=1S/C11H18N4/c12-6-8-1-3-9(4-2-8)10-5-11(13)15-7-14-10/h5,7-9H,1-4,6,12H2,(H2,13,14,15).